The van der Waals surface area contributed by atoms with Crippen LogP contribution < -0.4 is 10.5 Å². The molecular weight excluding hydrogens is 336 g/mol. The normalized spacial score (nSPS) is 17.1. The molecule has 0 fully saturated rings. The maximum Gasteiger partial charge on any atom is 0.123 e. The van der Waals surface area contributed by atoms with Gasteiger partial charge in [-0.25, -0.2) is 0 Å². The lowest BCUT2D eigenvalue weighted by Crippen LogP contribution is -2.34. The minimum atomic E-state index is 0.251. The number of halogens is 1. The summed E-state index contributed by atoms with van der Waals surface area (Å²) in [5, 5.41) is 0. The Hall–Kier alpha value is -0.880. The van der Waals surface area contributed by atoms with Gasteiger partial charge in [0.1, 0.15) is 12.4 Å². The smallest absolute Gasteiger partial charge is 0.123 e. The van der Waals surface area contributed by atoms with Crippen LogP contribution in [-0.2, 0) is 6.54 Å². The van der Waals surface area contributed by atoms with Crippen LogP contribution in [0.25, 0.3) is 0 Å². The van der Waals surface area contributed by atoms with E-state index in [-0.39, 0.29) is 6.04 Å². The van der Waals surface area contributed by atoms with Crippen LogP contribution in [0, 0.1) is 0 Å². The van der Waals surface area contributed by atoms with Crippen molar-refractivity contribution >= 4 is 27.3 Å². The molecule has 5 heteroatoms. The molecule has 2 aromatic rings. The van der Waals surface area contributed by atoms with Gasteiger partial charge in [-0.05, 0) is 34.1 Å². The van der Waals surface area contributed by atoms with Crippen molar-refractivity contribution in [1.29, 1.82) is 0 Å². The second kappa shape index (κ2) is 6.26. The molecule has 0 saturated carbocycles. The second-order valence-corrected chi connectivity index (χ2v) is 7.31. The molecule has 1 aliphatic heterocycles. The Morgan fingerprint density at radius 1 is 1.30 bits per heavy atom. The fourth-order valence-electron chi connectivity index (χ4n) is 2.56. The number of rotatable bonds is 3. The average molecular weight is 353 g/mol. The Kier molecular flexibility index (Phi) is 4.41. The average Bonchev–Trinajstić information content (AvgIpc) is 2.76. The van der Waals surface area contributed by atoms with Gasteiger partial charge in [-0.1, -0.05) is 18.2 Å². The number of thiophene rings is 1. The largest absolute Gasteiger partial charge is 0.492 e. The fourth-order valence-corrected chi connectivity index (χ4v) is 4.14. The summed E-state index contributed by atoms with van der Waals surface area (Å²) in [5.41, 5.74) is 7.26. The standard InChI is InChI=1S/C15H17BrN2OS/c16-15-6-5-14(20-15)12(9-17)18-7-8-19-13-4-2-1-3-11(13)10-18/h1-6,12H,7-10,17H2. The highest BCUT2D eigenvalue weighted by Crippen LogP contribution is 2.33. The Morgan fingerprint density at radius 2 is 2.15 bits per heavy atom. The highest BCUT2D eigenvalue weighted by atomic mass is 79.9. The first-order chi connectivity index (χ1) is 9.78. The highest BCUT2D eigenvalue weighted by Gasteiger charge is 2.24. The third kappa shape index (κ3) is 2.91. The minimum absolute atomic E-state index is 0.251. The summed E-state index contributed by atoms with van der Waals surface area (Å²) < 4.78 is 6.98. The fraction of sp³-hybridized carbons (Fsp3) is 0.333. The van der Waals surface area contributed by atoms with Crippen LogP contribution in [0.5, 0.6) is 5.75 Å². The van der Waals surface area contributed by atoms with E-state index < -0.39 is 0 Å². The van der Waals surface area contributed by atoms with E-state index in [2.05, 4.69) is 45.1 Å². The molecule has 2 N–H and O–H groups in total. The van der Waals surface area contributed by atoms with Gasteiger partial charge >= 0.3 is 0 Å². The van der Waals surface area contributed by atoms with Gasteiger partial charge in [0, 0.05) is 30.1 Å². The molecule has 1 unspecified atom stereocenters. The van der Waals surface area contributed by atoms with E-state index in [1.807, 2.05) is 12.1 Å². The van der Waals surface area contributed by atoms with Crippen molar-refractivity contribution in [3.8, 4) is 5.75 Å². The van der Waals surface area contributed by atoms with Gasteiger partial charge in [-0.2, -0.15) is 0 Å². The van der Waals surface area contributed by atoms with Crippen molar-refractivity contribution in [1.82, 2.24) is 4.90 Å². The number of hydrogen-bond donors (Lipinski definition) is 1. The van der Waals surface area contributed by atoms with E-state index in [4.69, 9.17) is 10.5 Å². The first-order valence-electron chi connectivity index (χ1n) is 6.68. The SMILES string of the molecule is NCC(c1ccc(Br)s1)N1CCOc2ccccc2C1. The molecule has 1 aromatic carbocycles. The molecule has 20 heavy (non-hydrogen) atoms. The molecule has 106 valence electrons. The van der Waals surface area contributed by atoms with Crippen molar-refractivity contribution in [2.75, 3.05) is 19.7 Å². The van der Waals surface area contributed by atoms with Crippen LogP contribution in [0.4, 0.5) is 0 Å². The van der Waals surface area contributed by atoms with E-state index in [0.717, 1.165) is 22.6 Å². The molecule has 0 radical (unpaired) electrons. The summed E-state index contributed by atoms with van der Waals surface area (Å²) in [6.07, 6.45) is 0. The van der Waals surface area contributed by atoms with E-state index in [0.29, 0.717) is 13.2 Å². The minimum Gasteiger partial charge on any atom is -0.492 e. The first kappa shape index (κ1) is 14.1. The molecule has 0 bridgehead atoms. The molecule has 1 aromatic heterocycles. The van der Waals surface area contributed by atoms with Gasteiger partial charge in [-0.15, -0.1) is 11.3 Å². The summed E-state index contributed by atoms with van der Waals surface area (Å²) in [7, 11) is 0. The van der Waals surface area contributed by atoms with Gasteiger partial charge in [0.2, 0.25) is 0 Å². The third-order valence-corrected chi connectivity index (χ3v) is 5.29. The third-order valence-electron chi connectivity index (χ3n) is 3.57. The maximum absolute atomic E-state index is 6.02. The van der Waals surface area contributed by atoms with Crippen molar-refractivity contribution in [3.05, 3.63) is 50.6 Å². The summed E-state index contributed by atoms with van der Waals surface area (Å²) in [5.74, 6) is 0.998. The maximum atomic E-state index is 6.02. The first-order valence-corrected chi connectivity index (χ1v) is 8.29. The number of hydrogen-bond acceptors (Lipinski definition) is 4. The van der Waals surface area contributed by atoms with Gasteiger partial charge < -0.3 is 10.5 Å². The molecular formula is C15H17BrN2OS. The van der Waals surface area contributed by atoms with Crippen LogP contribution in [0.3, 0.4) is 0 Å². The topological polar surface area (TPSA) is 38.5 Å². The predicted molar refractivity (Wildman–Crippen MR) is 86.2 cm³/mol. The van der Waals surface area contributed by atoms with Gasteiger partial charge in [0.15, 0.2) is 0 Å². The van der Waals surface area contributed by atoms with Crippen LogP contribution in [0.1, 0.15) is 16.5 Å². The molecule has 3 nitrogen and oxygen atoms in total. The number of ether oxygens (including phenoxy) is 1. The molecule has 0 amide bonds. The summed E-state index contributed by atoms with van der Waals surface area (Å²) in [6.45, 7) is 3.11. The van der Waals surface area contributed by atoms with Crippen LogP contribution in [0.15, 0.2) is 40.2 Å². The van der Waals surface area contributed by atoms with Crippen molar-refractivity contribution in [2.45, 2.75) is 12.6 Å². The Labute approximate surface area is 131 Å². The Balaban J connectivity index is 1.86. The zero-order chi connectivity index (χ0) is 13.9. The van der Waals surface area contributed by atoms with E-state index >= 15 is 0 Å². The lowest BCUT2D eigenvalue weighted by Gasteiger charge is -2.28. The Bertz CT molecular complexity index is 587. The van der Waals surface area contributed by atoms with E-state index in [9.17, 15) is 0 Å². The molecule has 2 heterocycles. The van der Waals surface area contributed by atoms with Crippen molar-refractivity contribution < 1.29 is 4.74 Å². The zero-order valence-electron chi connectivity index (χ0n) is 11.1. The second-order valence-electron chi connectivity index (χ2n) is 4.82. The molecule has 0 spiro atoms. The van der Waals surface area contributed by atoms with Gasteiger partial charge in [-0.3, -0.25) is 4.90 Å². The molecule has 3 rings (SSSR count). The summed E-state index contributed by atoms with van der Waals surface area (Å²) in [4.78, 5) is 3.71. The van der Waals surface area contributed by atoms with Gasteiger partial charge in [0.25, 0.3) is 0 Å². The summed E-state index contributed by atoms with van der Waals surface area (Å²) in [6, 6.07) is 12.7. The Morgan fingerprint density at radius 3 is 2.90 bits per heavy atom. The summed E-state index contributed by atoms with van der Waals surface area (Å²) >= 11 is 5.29. The predicted octanol–water partition coefficient (Wildman–Crippen LogP) is 3.41. The zero-order valence-corrected chi connectivity index (χ0v) is 13.5. The van der Waals surface area contributed by atoms with Crippen molar-refractivity contribution in [3.63, 3.8) is 0 Å². The van der Waals surface area contributed by atoms with Crippen LogP contribution in [0.2, 0.25) is 0 Å². The molecule has 0 saturated heterocycles. The quantitative estimate of drug-likeness (QED) is 0.919. The number of nitrogens with two attached hydrogens (primary N) is 1. The monoisotopic (exact) mass is 352 g/mol. The lowest BCUT2D eigenvalue weighted by molar-refractivity contribution is 0.175. The lowest BCUT2D eigenvalue weighted by atomic mass is 10.1. The number of para-hydroxylation sites is 1. The van der Waals surface area contributed by atoms with Crippen molar-refractivity contribution in [2.24, 2.45) is 5.73 Å². The highest BCUT2D eigenvalue weighted by molar-refractivity contribution is 9.11. The van der Waals surface area contributed by atoms with Crippen LogP contribution >= 0.6 is 27.3 Å². The number of fused-ring (bicyclic) bond motifs is 1. The number of benzene rings is 1. The van der Waals surface area contributed by atoms with E-state index in [1.54, 1.807) is 11.3 Å². The van der Waals surface area contributed by atoms with Gasteiger partial charge in [0.05, 0.1) is 9.83 Å². The number of nitrogens with zero attached hydrogens (tertiary/aromatic N) is 1. The molecule has 0 aliphatic carbocycles. The van der Waals surface area contributed by atoms with Crippen LogP contribution in [-0.4, -0.2) is 24.6 Å². The van der Waals surface area contributed by atoms with E-state index in [1.165, 1.54) is 10.4 Å². The molecule has 1 aliphatic rings. The molecule has 1 atom stereocenters.